The Bertz CT molecular complexity index is 1320. The fourth-order valence-electron chi connectivity index (χ4n) is 12.8. The number of aliphatic hydroxyl groups is 1. The smallest absolute Gasteiger partial charge is 0.306 e. The molecule has 0 aromatic heterocycles. The highest BCUT2D eigenvalue weighted by Crippen LogP contribution is 2.20. The van der Waals surface area contributed by atoms with Crippen molar-refractivity contribution in [2.75, 3.05) is 13.2 Å². The van der Waals surface area contributed by atoms with Crippen molar-refractivity contribution in [1.82, 2.24) is 0 Å². The van der Waals surface area contributed by atoms with E-state index < -0.39 is 6.10 Å². The van der Waals surface area contributed by atoms with Gasteiger partial charge in [-0.2, -0.15) is 0 Å². The second kappa shape index (κ2) is 77.6. The van der Waals surface area contributed by atoms with E-state index in [9.17, 15) is 14.7 Å². The highest BCUT2D eigenvalue weighted by atomic mass is 16.6. The predicted octanol–water partition coefficient (Wildman–Crippen LogP) is 27.9. The van der Waals surface area contributed by atoms with E-state index in [0.29, 0.717) is 12.8 Å². The Morgan fingerprint density at radius 1 is 0.267 bits per heavy atom. The summed E-state index contributed by atoms with van der Waals surface area (Å²) in [6.07, 6.45) is 103. The van der Waals surface area contributed by atoms with Gasteiger partial charge in [0.1, 0.15) is 6.61 Å². The van der Waals surface area contributed by atoms with Crippen LogP contribution in [0.5, 0.6) is 0 Å². The number of hydrogen-bond donors (Lipinski definition) is 1. The van der Waals surface area contributed by atoms with E-state index in [1.54, 1.807) is 0 Å². The molecule has 510 valence electrons. The molecule has 0 aliphatic heterocycles. The maximum Gasteiger partial charge on any atom is 0.306 e. The molecule has 0 rings (SSSR count). The van der Waals surface area contributed by atoms with Crippen molar-refractivity contribution in [3.05, 3.63) is 24.3 Å². The van der Waals surface area contributed by atoms with Crippen LogP contribution in [0.4, 0.5) is 0 Å². The van der Waals surface area contributed by atoms with E-state index in [1.165, 1.54) is 398 Å². The number of ether oxygens (including phenoxy) is 2. The maximum absolute atomic E-state index is 12.4. The first-order valence-electron chi connectivity index (χ1n) is 39.9. The van der Waals surface area contributed by atoms with Crippen molar-refractivity contribution in [1.29, 1.82) is 0 Å². The van der Waals surface area contributed by atoms with Gasteiger partial charge < -0.3 is 14.6 Å². The highest BCUT2D eigenvalue weighted by molar-refractivity contribution is 5.70. The van der Waals surface area contributed by atoms with E-state index in [2.05, 4.69) is 38.2 Å². The summed E-state index contributed by atoms with van der Waals surface area (Å²) in [7, 11) is 0. The van der Waals surface area contributed by atoms with Crippen LogP contribution in [0.3, 0.4) is 0 Å². The second-order valence-corrected chi connectivity index (χ2v) is 27.5. The third kappa shape index (κ3) is 74.8. The van der Waals surface area contributed by atoms with Crippen molar-refractivity contribution in [2.24, 2.45) is 0 Å². The van der Waals surface area contributed by atoms with E-state index >= 15 is 0 Å². The molecule has 1 N–H and O–H groups in total. The van der Waals surface area contributed by atoms with E-state index in [0.717, 1.165) is 38.5 Å². The zero-order valence-corrected chi connectivity index (χ0v) is 58.9. The first-order chi connectivity index (χ1) is 42.6. The number of carbonyl (C=O) groups is 2. The first kappa shape index (κ1) is 84.4. The van der Waals surface area contributed by atoms with Gasteiger partial charge in [-0.3, -0.25) is 9.59 Å². The summed E-state index contributed by atoms with van der Waals surface area (Å²) in [4.78, 5) is 24.7. The van der Waals surface area contributed by atoms with Crippen LogP contribution in [0.2, 0.25) is 0 Å². The zero-order valence-electron chi connectivity index (χ0n) is 58.9. The summed E-state index contributed by atoms with van der Waals surface area (Å²) < 4.78 is 10.8. The lowest BCUT2D eigenvalue weighted by atomic mass is 10.0. The molecule has 0 fully saturated rings. The Hall–Kier alpha value is -1.62. The zero-order chi connectivity index (χ0) is 61.9. The van der Waals surface area contributed by atoms with Crippen LogP contribution in [0, 0.1) is 0 Å². The maximum atomic E-state index is 12.4. The predicted molar refractivity (Wildman–Crippen MR) is 381 cm³/mol. The van der Waals surface area contributed by atoms with Crippen molar-refractivity contribution in [2.45, 2.75) is 469 Å². The standard InChI is InChI=1S/C81H156O5/c1-3-5-7-9-11-13-15-17-19-21-23-25-27-29-31-33-35-37-38-39-40-41-42-44-45-47-49-51-53-55-57-59-61-63-65-67-69-71-73-75-80(83)85-78-79(77-82)86-81(84)76-74-72-70-68-66-64-62-60-58-56-54-52-50-48-46-43-36-34-32-30-28-26-24-22-20-18-16-14-12-10-8-6-4-2/h16,18,22,24,79,82H,3-15,17,19-21,23,25-78H2,1-2H3/b18-16-,24-22-. The third-order valence-electron chi connectivity index (χ3n) is 18.7. The minimum atomic E-state index is -0.769. The molecule has 0 aliphatic rings. The quantitative estimate of drug-likeness (QED) is 0.0373. The third-order valence-corrected chi connectivity index (χ3v) is 18.7. The van der Waals surface area contributed by atoms with Crippen molar-refractivity contribution in [3.8, 4) is 0 Å². The highest BCUT2D eigenvalue weighted by Gasteiger charge is 2.16. The van der Waals surface area contributed by atoms with E-state index in [-0.39, 0.29) is 25.2 Å². The van der Waals surface area contributed by atoms with Crippen LogP contribution in [0.25, 0.3) is 0 Å². The molecule has 5 nitrogen and oxygen atoms in total. The molecule has 0 heterocycles. The van der Waals surface area contributed by atoms with Gasteiger partial charge in [0.25, 0.3) is 0 Å². The molecule has 1 atom stereocenters. The number of carbonyl (C=O) groups excluding carboxylic acids is 2. The van der Waals surface area contributed by atoms with E-state index in [1.807, 2.05) is 0 Å². The number of hydrogen-bond acceptors (Lipinski definition) is 5. The number of allylic oxidation sites excluding steroid dienone is 4. The van der Waals surface area contributed by atoms with Gasteiger partial charge >= 0.3 is 11.9 Å². The fraction of sp³-hybridized carbons (Fsp3) is 0.926. The van der Waals surface area contributed by atoms with Crippen LogP contribution in [-0.4, -0.2) is 36.4 Å². The molecule has 0 saturated carbocycles. The molecular formula is C81H156O5. The summed E-state index contributed by atoms with van der Waals surface area (Å²) in [6.45, 7) is 4.21. The first-order valence-corrected chi connectivity index (χ1v) is 39.9. The largest absolute Gasteiger partial charge is 0.462 e. The van der Waals surface area contributed by atoms with Gasteiger partial charge in [-0.25, -0.2) is 0 Å². The topological polar surface area (TPSA) is 72.8 Å². The molecule has 0 saturated heterocycles. The van der Waals surface area contributed by atoms with Crippen LogP contribution in [-0.2, 0) is 19.1 Å². The minimum absolute atomic E-state index is 0.0573. The summed E-state index contributed by atoms with van der Waals surface area (Å²) in [5, 5.41) is 9.72. The molecule has 0 bridgehead atoms. The van der Waals surface area contributed by atoms with Gasteiger partial charge in [0.05, 0.1) is 6.61 Å². The van der Waals surface area contributed by atoms with Crippen molar-refractivity contribution in [3.63, 3.8) is 0 Å². The fourth-order valence-corrected chi connectivity index (χ4v) is 12.8. The summed E-state index contributed by atoms with van der Waals surface area (Å²) in [5.41, 5.74) is 0. The molecule has 0 aromatic carbocycles. The van der Waals surface area contributed by atoms with Gasteiger partial charge in [0, 0.05) is 12.8 Å². The number of unbranched alkanes of at least 4 members (excludes halogenated alkanes) is 64. The van der Waals surface area contributed by atoms with Crippen molar-refractivity contribution < 1.29 is 24.2 Å². The normalized spacial score (nSPS) is 12.2. The molecule has 0 spiro atoms. The van der Waals surface area contributed by atoms with Gasteiger partial charge in [-0.1, -0.05) is 430 Å². The Morgan fingerprint density at radius 2 is 0.465 bits per heavy atom. The summed E-state index contributed by atoms with van der Waals surface area (Å²) in [6, 6.07) is 0. The molecule has 0 radical (unpaired) electrons. The van der Waals surface area contributed by atoms with Gasteiger partial charge in [0.2, 0.25) is 0 Å². The lowest BCUT2D eigenvalue weighted by Gasteiger charge is -2.15. The lowest BCUT2D eigenvalue weighted by Crippen LogP contribution is -2.28. The van der Waals surface area contributed by atoms with Crippen LogP contribution >= 0.6 is 0 Å². The Balaban J connectivity index is 3.34. The molecule has 1 unspecified atom stereocenters. The monoisotopic (exact) mass is 1210 g/mol. The summed E-state index contributed by atoms with van der Waals surface area (Å²) >= 11 is 0. The Labute approximate surface area is 540 Å². The average molecular weight is 1210 g/mol. The van der Waals surface area contributed by atoms with E-state index in [4.69, 9.17) is 9.47 Å². The number of aliphatic hydroxyl groups excluding tert-OH is 1. The Kier molecular flexibility index (Phi) is 76.2. The van der Waals surface area contributed by atoms with Crippen LogP contribution in [0.1, 0.15) is 463 Å². The van der Waals surface area contributed by atoms with Crippen LogP contribution < -0.4 is 0 Å². The van der Waals surface area contributed by atoms with Crippen LogP contribution in [0.15, 0.2) is 24.3 Å². The molecule has 86 heavy (non-hydrogen) atoms. The Morgan fingerprint density at radius 3 is 0.686 bits per heavy atom. The average Bonchev–Trinajstić information content (AvgIpc) is 3.55. The SMILES string of the molecule is CCCCCCC/C=C\C/C=C\CCCCCCCCCCCCCCCCCCCCCCCC(=O)OC(CO)COC(=O)CCCCCCCCCCCCCCCCCCCCCCCCCCCCCCCCCCCCCCCCC. The number of rotatable bonds is 76. The molecule has 5 heteroatoms. The molecule has 0 amide bonds. The molecular weight excluding hydrogens is 1050 g/mol. The minimum Gasteiger partial charge on any atom is -0.462 e. The van der Waals surface area contributed by atoms with Gasteiger partial charge in [-0.05, 0) is 44.9 Å². The molecule has 0 aliphatic carbocycles. The van der Waals surface area contributed by atoms with Crippen molar-refractivity contribution >= 4 is 11.9 Å². The van der Waals surface area contributed by atoms with Gasteiger partial charge in [-0.15, -0.1) is 0 Å². The number of esters is 2. The van der Waals surface area contributed by atoms with Gasteiger partial charge in [0.15, 0.2) is 6.10 Å². The molecule has 0 aromatic rings. The summed E-state index contributed by atoms with van der Waals surface area (Å²) in [5.74, 6) is -0.560. The lowest BCUT2D eigenvalue weighted by molar-refractivity contribution is -0.161. The second-order valence-electron chi connectivity index (χ2n) is 27.5.